The van der Waals surface area contributed by atoms with E-state index in [2.05, 4.69) is 51.8 Å². The fourth-order valence-electron chi connectivity index (χ4n) is 3.04. The topological polar surface area (TPSA) is 32.3 Å². The van der Waals surface area contributed by atoms with Crippen molar-refractivity contribution in [2.45, 2.75) is 85.5 Å². The maximum absolute atomic E-state index is 12.6. The first kappa shape index (κ1) is 16.5. The Morgan fingerprint density at radius 1 is 1.21 bits per heavy atom. The van der Waals surface area contributed by atoms with E-state index >= 15 is 0 Å². The van der Waals surface area contributed by atoms with Crippen molar-refractivity contribution < 1.29 is 4.79 Å². The van der Waals surface area contributed by atoms with Crippen molar-refractivity contribution in [2.75, 3.05) is 0 Å². The summed E-state index contributed by atoms with van der Waals surface area (Å²) < 4.78 is 0. The van der Waals surface area contributed by atoms with Gasteiger partial charge in [-0.15, -0.1) is 0 Å². The molecule has 1 fully saturated rings. The molecule has 1 saturated heterocycles. The highest BCUT2D eigenvalue weighted by Crippen LogP contribution is 2.25. The second-order valence-corrected chi connectivity index (χ2v) is 6.54. The highest BCUT2D eigenvalue weighted by atomic mass is 16.2. The van der Waals surface area contributed by atoms with Crippen LogP contribution in [0.15, 0.2) is 0 Å². The Balaban J connectivity index is 2.78. The second-order valence-electron chi connectivity index (χ2n) is 6.54. The van der Waals surface area contributed by atoms with Crippen molar-refractivity contribution in [3.8, 4) is 0 Å². The van der Waals surface area contributed by atoms with Crippen LogP contribution in [0.4, 0.5) is 0 Å². The summed E-state index contributed by atoms with van der Waals surface area (Å²) in [6, 6.07) is 0.376. The lowest BCUT2D eigenvalue weighted by Gasteiger charge is -2.34. The van der Waals surface area contributed by atoms with Gasteiger partial charge in [-0.3, -0.25) is 10.1 Å². The molecular weight excluding hydrogens is 236 g/mol. The molecule has 1 aliphatic rings. The maximum atomic E-state index is 12.6. The molecule has 0 aromatic heterocycles. The van der Waals surface area contributed by atoms with E-state index in [0.717, 1.165) is 19.3 Å². The summed E-state index contributed by atoms with van der Waals surface area (Å²) in [7, 11) is 0. The summed E-state index contributed by atoms with van der Waals surface area (Å²) in [5.74, 6) is 1.46. The Kier molecular flexibility index (Phi) is 6.31. The van der Waals surface area contributed by atoms with Crippen molar-refractivity contribution in [2.24, 2.45) is 11.8 Å². The van der Waals surface area contributed by atoms with Crippen LogP contribution in [0.2, 0.25) is 0 Å². The van der Waals surface area contributed by atoms with Gasteiger partial charge in [0.15, 0.2) is 0 Å². The van der Waals surface area contributed by atoms with E-state index in [9.17, 15) is 4.79 Å². The molecule has 1 N–H and O–H groups in total. The van der Waals surface area contributed by atoms with Gasteiger partial charge >= 0.3 is 0 Å². The first-order valence-electron chi connectivity index (χ1n) is 8.00. The monoisotopic (exact) mass is 268 g/mol. The predicted octanol–water partition coefficient (Wildman–Crippen LogP) is 3.39. The number of hydrogen-bond acceptors (Lipinski definition) is 2. The Bertz CT molecular complexity index is 290. The van der Waals surface area contributed by atoms with Gasteiger partial charge in [0.1, 0.15) is 0 Å². The Morgan fingerprint density at radius 3 is 2.32 bits per heavy atom. The molecule has 1 rings (SSSR count). The number of nitrogens with one attached hydrogen (secondary N) is 1. The second kappa shape index (κ2) is 7.28. The number of carbonyl (C=O) groups is 1. The van der Waals surface area contributed by atoms with Crippen LogP contribution >= 0.6 is 0 Å². The summed E-state index contributed by atoms with van der Waals surface area (Å²) in [6.45, 7) is 13.2. The lowest BCUT2D eigenvalue weighted by Crippen LogP contribution is -2.46. The SMILES string of the molecule is CCCC1NC(C(C)C)N(C(C)CC(C)CC)C1=O. The van der Waals surface area contributed by atoms with E-state index in [-0.39, 0.29) is 12.2 Å². The predicted molar refractivity (Wildman–Crippen MR) is 80.8 cm³/mol. The fourth-order valence-corrected chi connectivity index (χ4v) is 3.04. The number of amides is 1. The molecule has 1 heterocycles. The largest absolute Gasteiger partial charge is 0.323 e. The molecule has 4 unspecified atom stereocenters. The van der Waals surface area contributed by atoms with Gasteiger partial charge in [-0.25, -0.2) is 0 Å². The smallest absolute Gasteiger partial charge is 0.241 e. The van der Waals surface area contributed by atoms with Crippen LogP contribution in [0.3, 0.4) is 0 Å². The van der Waals surface area contributed by atoms with E-state index in [4.69, 9.17) is 0 Å². The summed E-state index contributed by atoms with van der Waals surface area (Å²) in [5, 5.41) is 3.54. The third kappa shape index (κ3) is 3.95. The van der Waals surface area contributed by atoms with Crippen LogP contribution in [0, 0.1) is 11.8 Å². The summed E-state index contributed by atoms with van der Waals surface area (Å²) in [4.78, 5) is 14.7. The van der Waals surface area contributed by atoms with E-state index in [1.807, 2.05) is 0 Å². The van der Waals surface area contributed by atoms with Gasteiger partial charge in [-0.05, 0) is 31.6 Å². The van der Waals surface area contributed by atoms with Crippen LogP contribution < -0.4 is 5.32 Å². The minimum atomic E-state index is 0.0387. The fraction of sp³-hybridized carbons (Fsp3) is 0.938. The quantitative estimate of drug-likeness (QED) is 0.767. The Labute approximate surface area is 119 Å². The minimum Gasteiger partial charge on any atom is -0.323 e. The van der Waals surface area contributed by atoms with E-state index < -0.39 is 0 Å². The first-order chi connectivity index (χ1) is 8.92. The molecular formula is C16H32N2O. The van der Waals surface area contributed by atoms with Crippen molar-refractivity contribution >= 4 is 5.91 Å². The molecule has 0 aliphatic carbocycles. The number of hydrogen-bond donors (Lipinski definition) is 1. The zero-order valence-electron chi connectivity index (χ0n) is 13.6. The van der Waals surface area contributed by atoms with Gasteiger partial charge in [-0.2, -0.15) is 0 Å². The summed E-state index contributed by atoms with van der Waals surface area (Å²) >= 11 is 0. The highest BCUT2D eigenvalue weighted by Gasteiger charge is 2.41. The van der Waals surface area contributed by atoms with Crippen LogP contribution in [0.25, 0.3) is 0 Å². The van der Waals surface area contributed by atoms with Gasteiger partial charge in [0.05, 0.1) is 12.2 Å². The average molecular weight is 268 g/mol. The average Bonchev–Trinajstić information content (AvgIpc) is 2.67. The molecule has 1 aliphatic heterocycles. The molecule has 0 aromatic rings. The molecule has 0 saturated carbocycles. The molecule has 0 bridgehead atoms. The molecule has 19 heavy (non-hydrogen) atoms. The van der Waals surface area contributed by atoms with Crippen molar-refractivity contribution in [1.29, 1.82) is 0 Å². The van der Waals surface area contributed by atoms with Crippen molar-refractivity contribution in [3.05, 3.63) is 0 Å². The number of rotatable bonds is 7. The molecule has 0 spiro atoms. The molecule has 4 atom stereocenters. The van der Waals surface area contributed by atoms with Crippen molar-refractivity contribution in [3.63, 3.8) is 0 Å². The third-order valence-electron chi connectivity index (χ3n) is 4.35. The molecule has 1 amide bonds. The Hall–Kier alpha value is -0.570. The number of carbonyl (C=O) groups excluding carboxylic acids is 1. The summed E-state index contributed by atoms with van der Waals surface area (Å²) in [5.41, 5.74) is 0. The maximum Gasteiger partial charge on any atom is 0.241 e. The molecule has 3 nitrogen and oxygen atoms in total. The van der Waals surface area contributed by atoms with Gasteiger partial charge in [0.2, 0.25) is 5.91 Å². The van der Waals surface area contributed by atoms with Crippen molar-refractivity contribution in [1.82, 2.24) is 10.2 Å². The zero-order valence-corrected chi connectivity index (χ0v) is 13.6. The van der Waals surface area contributed by atoms with Gasteiger partial charge < -0.3 is 4.90 Å². The lowest BCUT2D eigenvalue weighted by molar-refractivity contribution is -0.133. The number of nitrogens with zero attached hydrogens (tertiary/aromatic N) is 1. The molecule has 3 heteroatoms. The first-order valence-corrected chi connectivity index (χ1v) is 8.00. The minimum absolute atomic E-state index is 0.0387. The van der Waals surface area contributed by atoms with Gasteiger partial charge in [-0.1, -0.05) is 47.5 Å². The molecule has 0 radical (unpaired) electrons. The highest BCUT2D eigenvalue weighted by molar-refractivity contribution is 5.84. The third-order valence-corrected chi connectivity index (χ3v) is 4.35. The van der Waals surface area contributed by atoms with Crippen LogP contribution in [-0.4, -0.2) is 29.1 Å². The van der Waals surface area contributed by atoms with E-state index in [0.29, 0.717) is 23.8 Å². The van der Waals surface area contributed by atoms with Crippen LogP contribution in [0.5, 0.6) is 0 Å². The molecule has 0 aromatic carbocycles. The van der Waals surface area contributed by atoms with E-state index in [1.54, 1.807) is 0 Å². The van der Waals surface area contributed by atoms with Gasteiger partial charge in [0.25, 0.3) is 0 Å². The standard InChI is InChI=1S/C16H32N2O/c1-7-9-14-16(19)18(15(17-14)11(3)4)13(6)10-12(5)8-2/h11-15,17H,7-10H2,1-6H3. The van der Waals surface area contributed by atoms with Crippen LogP contribution in [0.1, 0.15) is 67.2 Å². The molecule has 112 valence electrons. The van der Waals surface area contributed by atoms with Crippen LogP contribution in [-0.2, 0) is 4.79 Å². The lowest BCUT2D eigenvalue weighted by atomic mass is 9.98. The van der Waals surface area contributed by atoms with Gasteiger partial charge in [0, 0.05) is 6.04 Å². The summed E-state index contributed by atoms with van der Waals surface area (Å²) in [6.07, 6.45) is 4.51. The zero-order chi connectivity index (χ0) is 14.6. The Morgan fingerprint density at radius 2 is 1.84 bits per heavy atom. The normalized spacial score (nSPS) is 27.1. The van der Waals surface area contributed by atoms with E-state index in [1.165, 1.54) is 6.42 Å².